The number of amides is 3. The van der Waals surface area contributed by atoms with Crippen LogP contribution in [0.25, 0.3) is 0 Å². The van der Waals surface area contributed by atoms with Crippen LogP contribution in [0.1, 0.15) is 39.5 Å². The van der Waals surface area contributed by atoms with Gasteiger partial charge in [0.15, 0.2) is 0 Å². The van der Waals surface area contributed by atoms with Gasteiger partial charge in [-0.15, -0.1) is 11.8 Å². The normalized spacial score (nSPS) is 31.8. The molecule has 4 aliphatic heterocycles. The first kappa shape index (κ1) is 26.0. The molecule has 0 aromatic heterocycles. The second kappa shape index (κ2) is 10.7. The third-order valence-corrected chi connectivity index (χ3v) is 10.1. The number of carbonyl (C=O) groups excluding carboxylic acids is 3. The smallest absolute Gasteiger partial charge is 0.247 e. The second-order valence-electron chi connectivity index (χ2n) is 10.4. The maximum atomic E-state index is 14.3. The molecule has 1 spiro atoms. The van der Waals surface area contributed by atoms with Crippen molar-refractivity contribution in [1.29, 1.82) is 0 Å². The summed E-state index contributed by atoms with van der Waals surface area (Å²) in [6, 6.07) is 8.37. The molecule has 0 aliphatic carbocycles. The Labute approximate surface area is 223 Å². The molecule has 37 heavy (non-hydrogen) atoms. The lowest BCUT2D eigenvalue weighted by molar-refractivity contribution is -0.145. The molecule has 1 aromatic carbocycles. The van der Waals surface area contributed by atoms with Crippen molar-refractivity contribution < 1.29 is 19.5 Å². The summed E-state index contributed by atoms with van der Waals surface area (Å²) in [7, 11) is 0. The SMILES string of the molecule is CCCCCN1CC=C[C@]23S[C@H]4C=CCN(c5ccccc5)C(=O)[C@H]4[C@H]2C(=O)N([C@@H](CC)CO)C3C1=O. The maximum Gasteiger partial charge on any atom is 0.247 e. The topological polar surface area (TPSA) is 81.2 Å². The Balaban J connectivity index is 1.57. The lowest BCUT2D eigenvalue weighted by Crippen LogP contribution is -2.56. The third-order valence-electron chi connectivity index (χ3n) is 8.35. The van der Waals surface area contributed by atoms with E-state index in [1.54, 1.807) is 21.6 Å². The highest BCUT2D eigenvalue weighted by atomic mass is 32.2. The summed E-state index contributed by atoms with van der Waals surface area (Å²) in [6.45, 7) is 5.45. The monoisotopic (exact) mass is 523 g/mol. The van der Waals surface area contributed by atoms with Gasteiger partial charge in [-0.2, -0.15) is 0 Å². The van der Waals surface area contributed by atoms with Crippen LogP contribution < -0.4 is 4.90 Å². The van der Waals surface area contributed by atoms with Crippen LogP contribution in [0.4, 0.5) is 5.69 Å². The summed E-state index contributed by atoms with van der Waals surface area (Å²) in [5.74, 6) is -1.57. The summed E-state index contributed by atoms with van der Waals surface area (Å²) in [5, 5.41) is 10.0. The van der Waals surface area contributed by atoms with Crippen molar-refractivity contribution in [3.63, 3.8) is 0 Å². The summed E-state index contributed by atoms with van der Waals surface area (Å²) < 4.78 is -0.842. The number of hydrogen-bond acceptors (Lipinski definition) is 5. The Hall–Kier alpha value is -2.58. The van der Waals surface area contributed by atoms with Crippen molar-refractivity contribution in [2.75, 3.05) is 31.1 Å². The minimum absolute atomic E-state index is 0.0656. The molecular formula is C29H37N3O4S. The molecule has 6 atom stereocenters. The van der Waals surface area contributed by atoms with E-state index in [4.69, 9.17) is 0 Å². The largest absolute Gasteiger partial charge is 0.394 e. The highest BCUT2D eigenvalue weighted by molar-refractivity contribution is 8.02. The Morgan fingerprint density at radius 3 is 2.51 bits per heavy atom. The predicted molar refractivity (Wildman–Crippen MR) is 146 cm³/mol. The molecule has 7 nitrogen and oxygen atoms in total. The summed E-state index contributed by atoms with van der Waals surface area (Å²) in [4.78, 5) is 47.9. The number of benzene rings is 1. The van der Waals surface area contributed by atoms with Crippen LogP contribution in [0.2, 0.25) is 0 Å². The van der Waals surface area contributed by atoms with Crippen LogP contribution in [0, 0.1) is 11.8 Å². The molecule has 2 fully saturated rings. The Kier molecular flexibility index (Phi) is 7.50. The number of thioether (sulfide) groups is 1. The van der Waals surface area contributed by atoms with E-state index in [0.29, 0.717) is 26.1 Å². The van der Waals surface area contributed by atoms with Crippen LogP contribution in [0.3, 0.4) is 0 Å². The number of likely N-dealkylation sites (tertiary alicyclic amines) is 1. The predicted octanol–water partition coefficient (Wildman–Crippen LogP) is 3.25. The Bertz CT molecular complexity index is 1090. The number of hydrogen-bond donors (Lipinski definition) is 1. The lowest BCUT2D eigenvalue weighted by atomic mass is 9.78. The Morgan fingerprint density at radius 1 is 1.03 bits per heavy atom. The Morgan fingerprint density at radius 2 is 1.81 bits per heavy atom. The van der Waals surface area contributed by atoms with Crippen molar-refractivity contribution in [3.05, 3.63) is 54.6 Å². The van der Waals surface area contributed by atoms with Gasteiger partial charge in [-0.25, -0.2) is 0 Å². The zero-order valence-corrected chi connectivity index (χ0v) is 22.5. The maximum absolute atomic E-state index is 14.3. The molecule has 0 saturated carbocycles. The highest BCUT2D eigenvalue weighted by Gasteiger charge is 2.71. The number of para-hydroxylation sites is 1. The van der Waals surface area contributed by atoms with Crippen molar-refractivity contribution in [2.45, 2.75) is 61.6 Å². The number of aliphatic hydroxyl groups excluding tert-OH is 1. The van der Waals surface area contributed by atoms with Crippen molar-refractivity contribution >= 4 is 35.2 Å². The molecule has 1 unspecified atom stereocenters. The van der Waals surface area contributed by atoms with E-state index in [1.807, 2.05) is 54.3 Å². The lowest BCUT2D eigenvalue weighted by Gasteiger charge is -2.38. The first-order valence-electron chi connectivity index (χ1n) is 13.6. The number of unbranched alkanes of at least 4 members (excludes halogenated alkanes) is 2. The van der Waals surface area contributed by atoms with Gasteiger partial charge in [0, 0.05) is 30.6 Å². The number of anilines is 1. The van der Waals surface area contributed by atoms with Crippen LogP contribution in [-0.2, 0) is 14.4 Å². The molecule has 198 valence electrons. The second-order valence-corrected chi connectivity index (χ2v) is 11.9. The first-order chi connectivity index (χ1) is 18.0. The standard InChI is InChI=1S/C29H37N3O4S/c1-3-5-9-16-30-17-11-15-29-24(27(35)32(20(4-2)19-33)25(29)28(30)36)23-22(37-29)14-10-18-31(26(23)34)21-12-7-6-8-13-21/h6-8,10-15,20,22-25,33H,3-5,9,16-19H2,1-2H3/t20-,22-,23+,24-,25?,29-/m0/s1. The molecular weight excluding hydrogens is 486 g/mol. The zero-order valence-electron chi connectivity index (χ0n) is 21.7. The molecule has 4 aliphatic rings. The van der Waals surface area contributed by atoms with Crippen molar-refractivity contribution in [1.82, 2.24) is 9.80 Å². The van der Waals surface area contributed by atoms with Crippen LogP contribution >= 0.6 is 11.8 Å². The number of nitrogens with zero attached hydrogens (tertiary/aromatic N) is 3. The van der Waals surface area contributed by atoms with E-state index in [1.165, 1.54) is 0 Å². The van der Waals surface area contributed by atoms with Gasteiger partial charge >= 0.3 is 0 Å². The van der Waals surface area contributed by atoms with E-state index >= 15 is 0 Å². The van der Waals surface area contributed by atoms with Crippen molar-refractivity contribution in [2.24, 2.45) is 11.8 Å². The van der Waals surface area contributed by atoms with E-state index in [9.17, 15) is 19.5 Å². The fourth-order valence-electron chi connectivity index (χ4n) is 6.52. The molecule has 1 aromatic rings. The van der Waals surface area contributed by atoms with E-state index in [0.717, 1.165) is 24.9 Å². The summed E-state index contributed by atoms with van der Waals surface area (Å²) >= 11 is 1.59. The molecule has 2 saturated heterocycles. The molecule has 0 radical (unpaired) electrons. The van der Waals surface area contributed by atoms with Gasteiger partial charge in [-0.3, -0.25) is 14.4 Å². The van der Waals surface area contributed by atoms with Gasteiger partial charge in [-0.1, -0.05) is 69.2 Å². The van der Waals surface area contributed by atoms with Gasteiger partial charge in [0.1, 0.15) is 6.04 Å². The first-order valence-corrected chi connectivity index (χ1v) is 14.5. The molecule has 4 heterocycles. The minimum Gasteiger partial charge on any atom is -0.394 e. The van der Waals surface area contributed by atoms with Gasteiger partial charge in [0.2, 0.25) is 17.7 Å². The average molecular weight is 524 g/mol. The molecule has 8 heteroatoms. The van der Waals surface area contributed by atoms with Crippen LogP contribution in [-0.4, -0.2) is 80.9 Å². The summed E-state index contributed by atoms with van der Waals surface area (Å²) in [5.41, 5.74) is 0.805. The highest BCUT2D eigenvalue weighted by Crippen LogP contribution is 2.61. The molecule has 5 rings (SSSR count). The quantitative estimate of drug-likeness (QED) is 0.418. The van der Waals surface area contributed by atoms with E-state index < -0.39 is 28.7 Å². The summed E-state index contributed by atoms with van der Waals surface area (Å²) in [6.07, 6.45) is 11.7. The number of aliphatic hydroxyl groups is 1. The number of rotatable bonds is 8. The van der Waals surface area contributed by atoms with Gasteiger partial charge in [0.05, 0.1) is 29.2 Å². The van der Waals surface area contributed by atoms with Gasteiger partial charge in [-0.05, 0) is 25.0 Å². The zero-order chi connectivity index (χ0) is 26.2. The van der Waals surface area contributed by atoms with Crippen molar-refractivity contribution in [3.8, 4) is 0 Å². The number of fused-ring (bicyclic) bond motifs is 2. The average Bonchev–Trinajstić information content (AvgIpc) is 3.23. The van der Waals surface area contributed by atoms with E-state index in [-0.39, 0.29) is 29.6 Å². The minimum atomic E-state index is -0.842. The van der Waals surface area contributed by atoms with Gasteiger partial charge < -0.3 is 19.8 Å². The third kappa shape index (κ3) is 4.22. The molecule has 3 amide bonds. The molecule has 0 bridgehead atoms. The fourth-order valence-corrected chi connectivity index (χ4v) is 8.52. The van der Waals surface area contributed by atoms with E-state index in [2.05, 4.69) is 19.1 Å². The van der Waals surface area contributed by atoms with Crippen LogP contribution in [0.15, 0.2) is 54.6 Å². The molecule has 1 N–H and O–H groups in total. The van der Waals surface area contributed by atoms with Gasteiger partial charge in [0.25, 0.3) is 0 Å². The fraction of sp³-hybridized carbons (Fsp3) is 0.552. The van der Waals surface area contributed by atoms with Crippen LogP contribution in [0.5, 0.6) is 0 Å². The number of carbonyl (C=O) groups is 3.